The van der Waals surface area contributed by atoms with Gasteiger partial charge in [0.25, 0.3) is 0 Å². The molecule has 0 saturated heterocycles. The van der Waals surface area contributed by atoms with E-state index in [1.807, 2.05) is 0 Å². The summed E-state index contributed by atoms with van der Waals surface area (Å²) in [5, 5.41) is 0. The third-order valence-corrected chi connectivity index (χ3v) is 7.66. The third kappa shape index (κ3) is 4.18. The zero-order valence-electron chi connectivity index (χ0n) is 18.9. The quantitative estimate of drug-likeness (QED) is 0.590. The first-order chi connectivity index (χ1) is 16.1. The normalized spacial score (nSPS) is 24.1. The van der Waals surface area contributed by atoms with Crippen LogP contribution < -0.4 is 9.46 Å². The van der Waals surface area contributed by atoms with Crippen LogP contribution in [0.5, 0.6) is 5.75 Å². The van der Waals surface area contributed by atoms with Gasteiger partial charge >= 0.3 is 0 Å². The van der Waals surface area contributed by atoms with E-state index < -0.39 is 27.1 Å². The summed E-state index contributed by atoms with van der Waals surface area (Å²) in [6.45, 7) is 2.05. The van der Waals surface area contributed by atoms with Gasteiger partial charge in [-0.15, -0.1) is 0 Å². The smallest absolute Gasteiger partial charge is 0.208 e. The molecule has 3 atom stereocenters. The highest BCUT2D eigenvalue weighted by Crippen LogP contribution is 2.47. The van der Waals surface area contributed by atoms with Crippen LogP contribution in [0.2, 0.25) is 0 Å². The van der Waals surface area contributed by atoms with Gasteiger partial charge < -0.3 is 4.74 Å². The van der Waals surface area contributed by atoms with Crippen LogP contribution in [0, 0.1) is 17.6 Å². The molecule has 2 heterocycles. The van der Waals surface area contributed by atoms with Crippen molar-refractivity contribution in [2.45, 2.75) is 44.2 Å². The van der Waals surface area contributed by atoms with E-state index >= 15 is 0 Å². The summed E-state index contributed by atoms with van der Waals surface area (Å²) < 4.78 is 62.1. The lowest BCUT2D eigenvalue weighted by molar-refractivity contribution is 0.279. The van der Waals surface area contributed by atoms with Gasteiger partial charge in [-0.05, 0) is 55.0 Å². The van der Waals surface area contributed by atoms with E-state index in [-0.39, 0.29) is 29.9 Å². The minimum Gasteiger partial charge on any atom is -0.484 e. The number of rotatable bonds is 2. The highest BCUT2D eigenvalue weighted by molar-refractivity contribution is 7.88. The molecule has 9 heteroatoms. The van der Waals surface area contributed by atoms with Crippen LogP contribution in [-0.4, -0.2) is 30.7 Å². The average Bonchev–Trinajstić information content (AvgIpc) is 3.07. The number of nitrogens with one attached hydrogen (secondary N) is 1. The van der Waals surface area contributed by atoms with Crippen LogP contribution in [0.3, 0.4) is 0 Å². The maximum atomic E-state index is 15.0. The monoisotopic (exact) mass is 485 g/mol. The van der Waals surface area contributed by atoms with Gasteiger partial charge in [0.1, 0.15) is 18.2 Å². The number of sulfonamides is 1. The van der Waals surface area contributed by atoms with Crippen LogP contribution in [0.4, 0.5) is 8.78 Å². The fourth-order valence-electron chi connectivity index (χ4n) is 5.39. The molecule has 1 saturated carbocycles. The molecule has 5 rings (SSSR count). The summed E-state index contributed by atoms with van der Waals surface area (Å²) in [4.78, 5) is 9.35. The summed E-state index contributed by atoms with van der Waals surface area (Å²) in [5.74, 6) is -0.454. The number of fused-ring (bicyclic) bond motifs is 7. The van der Waals surface area contributed by atoms with Gasteiger partial charge in [-0.25, -0.2) is 31.9 Å². The highest BCUT2D eigenvalue weighted by Gasteiger charge is 2.49. The van der Waals surface area contributed by atoms with E-state index in [0.717, 1.165) is 11.8 Å². The molecule has 178 valence electrons. The molecule has 2 aromatic carbocycles. The Labute approximate surface area is 197 Å². The number of aromatic nitrogens is 2. The maximum Gasteiger partial charge on any atom is 0.208 e. The topological polar surface area (TPSA) is 81.2 Å². The third-order valence-electron chi connectivity index (χ3n) is 6.90. The lowest BCUT2D eigenvalue weighted by Crippen LogP contribution is -2.37. The van der Waals surface area contributed by atoms with Gasteiger partial charge in [0.2, 0.25) is 10.0 Å². The Balaban J connectivity index is 1.68. The van der Waals surface area contributed by atoms with E-state index in [4.69, 9.17) is 9.72 Å². The Morgan fingerprint density at radius 2 is 1.94 bits per heavy atom. The number of halogens is 2. The molecule has 1 aromatic heterocycles. The Kier molecular flexibility index (Phi) is 5.64. The second-order valence-corrected chi connectivity index (χ2v) is 11.1. The zero-order valence-corrected chi connectivity index (χ0v) is 19.7. The van der Waals surface area contributed by atoms with Crippen molar-refractivity contribution in [1.82, 2.24) is 14.7 Å². The fraction of sp³-hybridized carbons (Fsp3) is 0.360. The Hall–Kier alpha value is -2.91. The predicted molar refractivity (Wildman–Crippen MR) is 124 cm³/mol. The van der Waals surface area contributed by atoms with Crippen LogP contribution in [0.1, 0.15) is 36.8 Å². The minimum atomic E-state index is -3.39. The SMILES string of the molecule is C[C@H]1C[C@H](NS(C)(=O)=O)C[C@]12Cc1ccc(F)c(c1)-c1cccc(F)c1OCc1ccnc2n1. The summed E-state index contributed by atoms with van der Waals surface area (Å²) in [6, 6.07) is 10.7. The first-order valence-electron chi connectivity index (χ1n) is 11.1. The molecule has 34 heavy (non-hydrogen) atoms. The Morgan fingerprint density at radius 3 is 2.74 bits per heavy atom. The van der Waals surface area contributed by atoms with Gasteiger partial charge in [-0.3, -0.25) is 0 Å². The largest absolute Gasteiger partial charge is 0.484 e. The van der Waals surface area contributed by atoms with Gasteiger partial charge in [0, 0.05) is 28.8 Å². The summed E-state index contributed by atoms with van der Waals surface area (Å²) in [5.41, 5.74) is 1.41. The van der Waals surface area contributed by atoms with Crippen LogP contribution >= 0.6 is 0 Å². The molecular formula is C25H25F2N3O3S. The van der Waals surface area contributed by atoms with Crippen molar-refractivity contribution >= 4 is 10.0 Å². The summed E-state index contributed by atoms with van der Waals surface area (Å²) >= 11 is 0. The van der Waals surface area contributed by atoms with Gasteiger partial charge in [-0.1, -0.05) is 25.1 Å². The predicted octanol–water partition coefficient (Wildman–Crippen LogP) is 4.14. The average molecular weight is 486 g/mol. The molecule has 1 fully saturated rings. The minimum absolute atomic E-state index is 0.0136. The maximum absolute atomic E-state index is 15.0. The molecule has 4 bridgehead atoms. The van der Waals surface area contributed by atoms with E-state index in [0.29, 0.717) is 36.3 Å². The first-order valence-corrected chi connectivity index (χ1v) is 13.0. The number of ether oxygens (including phenoxy) is 1. The lowest BCUT2D eigenvalue weighted by Gasteiger charge is -2.33. The van der Waals surface area contributed by atoms with Crippen molar-refractivity contribution in [1.29, 1.82) is 0 Å². The molecule has 1 N–H and O–H groups in total. The second kappa shape index (κ2) is 8.39. The lowest BCUT2D eigenvalue weighted by atomic mass is 9.72. The standard InChI is InChI=1S/C25H25F2N3O3S/c1-15-10-18(30-34(2,31)32)13-25(15)12-16-6-7-21(26)20(11-16)19-4-3-5-22(27)23(19)33-14-17-8-9-28-24(25)29-17/h3-9,11,15,18,30H,10,12-14H2,1-2H3/t15-,18-,25+/m0/s1. The van der Waals surface area contributed by atoms with E-state index in [2.05, 4.69) is 16.6 Å². The van der Waals surface area contributed by atoms with Gasteiger partial charge in [-0.2, -0.15) is 0 Å². The Bertz CT molecular complexity index is 1370. The molecular weight excluding hydrogens is 460 g/mol. The van der Waals surface area contributed by atoms with Crippen molar-refractivity contribution < 1.29 is 21.9 Å². The molecule has 0 unspecified atom stereocenters. The number of hydrogen-bond donors (Lipinski definition) is 1. The molecule has 3 aromatic rings. The molecule has 1 aliphatic carbocycles. The second-order valence-electron chi connectivity index (χ2n) is 9.35. The van der Waals surface area contributed by atoms with Gasteiger partial charge in [0.15, 0.2) is 11.6 Å². The summed E-state index contributed by atoms with van der Waals surface area (Å²) in [7, 11) is -3.39. The van der Waals surface area contributed by atoms with Crippen LogP contribution in [0.15, 0.2) is 48.7 Å². The number of para-hydroxylation sites is 1. The molecule has 6 nitrogen and oxygen atoms in total. The zero-order chi connectivity index (χ0) is 24.1. The van der Waals surface area contributed by atoms with Crippen molar-refractivity contribution in [2.75, 3.05) is 6.26 Å². The molecule has 0 radical (unpaired) electrons. The number of hydrogen-bond acceptors (Lipinski definition) is 5. The molecule has 1 spiro atoms. The van der Waals surface area contributed by atoms with Crippen molar-refractivity contribution in [3.8, 4) is 16.9 Å². The summed E-state index contributed by atoms with van der Waals surface area (Å²) in [6.07, 6.45) is 4.42. The molecule has 2 aliphatic rings. The van der Waals surface area contributed by atoms with Crippen LogP contribution in [-0.2, 0) is 28.5 Å². The number of nitrogens with zero attached hydrogens (tertiary/aromatic N) is 2. The number of benzene rings is 2. The molecule has 0 amide bonds. The highest BCUT2D eigenvalue weighted by atomic mass is 32.2. The first kappa shape index (κ1) is 22.9. The van der Waals surface area contributed by atoms with E-state index in [9.17, 15) is 17.2 Å². The van der Waals surface area contributed by atoms with E-state index in [1.54, 1.807) is 30.5 Å². The molecule has 1 aliphatic heterocycles. The Morgan fingerprint density at radius 1 is 1.12 bits per heavy atom. The van der Waals surface area contributed by atoms with Crippen molar-refractivity contribution in [3.05, 3.63) is 77.4 Å². The fourth-order valence-corrected chi connectivity index (χ4v) is 6.17. The van der Waals surface area contributed by atoms with Crippen molar-refractivity contribution in [3.63, 3.8) is 0 Å². The van der Waals surface area contributed by atoms with E-state index in [1.165, 1.54) is 18.2 Å². The van der Waals surface area contributed by atoms with Gasteiger partial charge in [0.05, 0.1) is 11.9 Å². The van der Waals surface area contributed by atoms with Crippen molar-refractivity contribution in [2.24, 2.45) is 5.92 Å². The van der Waals surface area contributed by atoms with Crippen LogP contribution in [0.25, 0.3) is 11.1 Å².